The summed E-state index contributed by atoms with van der Waals surface area (Å²) in [5.41, 5.74) is 6.06. The number of thioether (sulfide) groups is 1. The number of amides is 1. The summed E-state index contributed by atoms with van der Waals surface area (Å²) in [5.74, 6) is 0.403. The highest BCUT2D eigenvalue weighted by Crippen LogP contribution is 2.22. The van der Waals surface area contributed by atoms with Gasteiger partial charge >= 0.3 is 0 Å². The summed E-state index contributed by atoms with van der Waals surface area (Å²) >= 11 is 1.61. The molecule has 0 saturated carbocycles. The minimum atomic E-state index is -3.38. The molecule has 0 aliphatic heterocycles. The van der Waals surface area contributed by atoms with Crippen LogP contribution in [0.2, 0.25) is 0 Å². The highest BCUT2D eigenvalue weighted by atomic mass is 32.2. The van der Waals surface area contributed by atoms with Crippen LogP contribution in [0.1, 0.15) is 13.3 Å². The molecule has 112 valence electrons. The molecule has 0 aliphatic carbocycles. The highest BCUT2D eigenvalue weighted by molar-refractivity contribution is 7.98. The molecule has 1 atom stereocenters. The molecule has 0 aromatic heterocycles. The number of hydrogen-bond acceptors (Lipinski definition) is 5. The average Bonchev–Trinajstić information content (AvgIpc) is 2.45. The lowest BCUT2D eigenvalue weighted by atomic mass is 10.2. The van der Waals surface area contributed by atoms with Gasteiger partial charge in [0.1, 0.15) is 0 Å². The Bertz CT molecular complexity index is 558. The van der Waals surface area contributed by atoms with Crippen molar-refractivity contribution in [2.45, 2.75) is 24.3 Å². The molecular weight excluding hydrogens is 296 g/mol. The summed E-state index contributed by atoms with van der Waals surface area (Å²) in [6, 6.07) is 5.73. The number of sulfone groups is 1. The van der Waals surface area contributed by atoms with Gasteiger partial charge in [0, 0.05) is 0 Å². The zero-order valence-electron chi connectivity index (χ0n) is 11.6. The number of nitrogens with two attached hydrogens (primary N) is 1. The first kappa shape index (κ1) is 17.0. The van der Waals surface area contributed by atoms with E-state index >= 15 is 0 Å². The number of carbonyl (C=O) groups excluding carboxylic acids is 1. The minimum Gasteiger partial charge on any atom is -0.324 e. The molecule has 0 aliphatic rings. The van der Waals surface area contributed by atoms with E-state index in [2.05, 4.69) is 5.32 Å². The summed E-state index contributed by atoms with van der Waals surface area (Å²) in [5, 5.41) is 2.61. The summed E-state index contributed by atoms with van der Waals surface area (Å²) in [4.78, 5) is 12.1. The molecule has 5 nitrogen and oxygen atoms in total. The molecule has 7 heteroatoms. The van der Waals surface area contributed by atoms with Gasteiger partial charge in [-0.05, 0) is 30.6 Å². The van der Waals surface area contributed by atoms with Gasteiger partial charge in [0.05, 0.1) is 22.4 Å². The smallest absolute Gasteiger partial charge is 0.241 e. The van der Waals surface area contributed by atoms with Crippen molar-refractivity contribution in [2.24, 2.45) is 5.73 Å². The van der Waals surface area contributed by atoms with Crippen molar-refractivity contribution < 1.29 is 13.2 Å². The number of rotatable bonds is 7. The Morgan fingerprint density at radius 2 is 2.05 bits per heavy atom. The third-order valence-corrected chi connectivity index (χ3v) is 5.26. The predicted octanol–water partition coefficient (Wildman–Crippen LogP) is 1.50. The van der Waals surface area contributed by atoms with E-state index in [1.807, 2.05) is 6.26 Å². The van der Waals surface area contributed by atoms with Gasteiger partial charge in [0.15, 0.2) is 9.84 Å². The molecule has 1 rings (SSSR count). The van der Waals surface area contributed by atoms with E-state index in [4.69, 9.17) is 5.73 Å². The molecule has 1 aromatic carbocycles. The van der Waals surface area contributed by atoms with Crippen molar-refractivity contribution >= 4 is 33.2 Å². The van der Waals surface area contributed by atoms with Crippen molar-refractivity contribution in [3.05, 3.63) is 24.3 Å². The maximum atomic E-state index is 12.0. The minimum absolute atomic E-state index is 0.0155. The van der Waals surface area contributed by atoms with Crippen LogP contribution >= 0.6 is 11.8 Å². The standard InChI is InChI=1S/C13H20N2O3S2/c1-3-20(17,18)12-7-5-4-6-11(12)15-13(16)10(14)8-9-19-2/h4-7,10H,3,8-9,14H2,1-2H3,(H,15,16)/t10-/m0/s1. The fourth-order valence-electron chi connectivity index (χ4n) is 1.60. The van der Waals surface area contributed by atoms with Gasteiger partial charge in [-0.15, -0.1) is 0 Å². The van der Waals surface area contributed by atoms with Crippen molar-refractivity contribution in [3.8, 4) is 0 Å². The summed E-state index contributed by atoms with van der Waals surface area (Å²) in [6.45, 7) is 1.57. The molecule has 1 amide bonds. The van der Waals surface area contributed by atoms with Crippen molar-refractivity contribution in [3.63, 3.8) is 0 Å². The van der Waals surface area contributed by atoms with Crippen LogP contribution in [-0.4, -0.2) is 38.1 Å². The molecule has 0 bridgehead atoms. The molecule has 0 fully saturated rings. The second kappa shape index (κ2) is 7.66. The van der Waals surface area contributed by atoms with Gasteiger partial charge in [0.25, 0.3) is 0 Å². The largest absolute Gasteiger partial charge is 0.324 e. The number of hydrogen-bond donors (Lipinski definition) is 2. The Balaban J connectivity index is 2.91. The summed E-state index contributed by atoms with van der Waals surface area (Å²) < 4.78 is 23.9. The lowest BCUT2D eigenvalue weighted by Crippen LogP contribution is -2.36. The van der Waals surface area contributed by atoms with Gasteiger partial charge in [-0.3, -0.25) is 4.79 Å². The van der Waals surface area contributed by atoms with Crippen LogP contribution in [0, 0.1) is 0 Å². The Hall–Kier alpha value is -1.05. The Morgan fingerprint density at radius 3 is 2.65 bits per heavy atom. The number of anilines is 1. The van der Waals surface area contributed by atoms with E-state index < -0.39 is 15.9 Å². The summed E-state index contributed by atoms with van der Waals surface area (Å²) in [7, 11) is -3.38. The fraction of sp³-hybridized carbons (Fsp3) is 0.462. The lowest BCUT2D eigenvalue weighted by Gasteiger charge is -2.14. The molecular formula is C13H20N2O3S2. The van der Waals surface area contributed by atoms with E-state index in [1.54, 1.807) is 36.9 Å². The van der Waals surface area contributed by atoms with Crippen molar-refractivity contribution in [2.75, 3.05) is 23.1 Å². The maximum Gasteiger partial charge on any atom is 0.241 e. The maximum absolute atomic E-state index is 12.0. The molecule has 20 heavy (non-hydrogen) atoms. The first-order chi connectivity index (χ1) is 9.42. The molecule has 0 heterocycles. The third kappa shape index (κ3) is 4.50. The monoisotopic (exact) mass is 316 g/mol. The van der Waals surface area contributed by atoms with Crippen molar-refractivity contribution in [1.29, 1.82) is 0 Å². The second-order valence-electron chi connectivity index (χ2n) is 4.28. The van der Waals surface area contributed by atoms with Crippen LogP contribution in [0.5, 0.6) is 0 Å². The van der Waals surface area contributed by atoms with E-state index in [9.17, 15) is 13.2 Å². The number of carbonyl (C=O) groups is 1. The molecule has 0 saturated heterocycles. The van der Waals surface area contributed by atoms with Gasteiger partial charge < -0.3 is 11.1 Å². The van der Waals surface area contributed by atoms with E-state index in [-0.39, 0.29) is 16.6 Å². The number of nitrogens with one attached hydrogen (secondary N) is 1. The van der Waals surface area contributed by atoms with Gasteiger partial charge in [0.2, 0.25) is 5.91 Å². The number of para-hydroxylation sites is 1. The van der Waals surface area contributed by atoms with Crippen molar-refractivity contribution in [1.82, 2.24) is 0 Å². The second-order valence-corrected chi connectivity index (χ2v) is 7.51. The van der Waals surface area contributed by atoms with Crippen LogP contribution in [0.3, 0.4) is 0 Å². The first-order valence-corrected chi connectivity index (χ1v) is 9.34. The van der Waals surface area contributed by atoms with Crippen LogP contribution in [0.15, 0.2) is 29.2 Å². The van der Waals surface area contributed by atoms with Crippen LogP contribution in [-0.2, 0) is 14.6 Å². The lowest BCUT2D eigenvalue weighted by molar-refractivity contribution is -0.117. The van der Waals surface area contributed by atoms with Gasteiger partial charge in [-0.2, -0.15) is 11.8 Å². The number of benzene rings is 1. The predicted molar refractivity (Wildman–Crippen MR) is 83.8 cm³/mol. The van der Waals surface area contributed by atoms with Crippen LogP contribution in [0.4, 0.5) is 5.69 Å². The topological polar surface area (TPSA) is 89.3 Å². The normalized spacial score (nSPS) is 12.9. The summed E-state index contributed by atoms with van der Waals surface area (Å²) in [6.07, 6.45) is 2.49. The van der Waals surface area contributed by atoms with E-state index in [0.29, 0.717) is 12.1 Å². The molecule has 0 spiro atoms. The first-order valence-electron chi connectivity index (χ1n) is 6.29. The van der Waals surface area contributed by atoms with Gasteiger partial charge in [-0.1, -0.05) is 19.1 Å². The quantitative estimate of drug-likeness (QED) is 0.795. The molecule has 0 unspecified atom stereocenters. The molecule has 1 aromatic rings. The van der Waals surface area contributed by atoms with Crippen LogP contribution < -0.4 is 11.1 Å². The highest BCUT2D eigenvalue weighted by Gasteiger charge is 2.19. The van der Waals surface area contributed by atoms with E-state index in [1.165, 1.54) is 6.07 Å². The Kier molecular flexibility index (Phi) is 6.51. The average molecular weight is 316 g/mol. The van der Waals surface area contributed by atoms with Gasteiger partial charge in [-0.25, -0.2) is 8.42 Å². The zero-order chi connectivity index (χ0) is 15.2. The zero-order valence-corrected chi connectivity index (χ0v) is 13.3. The molecule has 0 radical (unpaired) electrons. The van der Waals surface area contributed by atoms with Crippen LogP contribution in [0.25, 0.3) is 0 Å². The Morgan fingerprint density at radius 1 is 1.40 bits per heavy atom. The fourth-order valence-corrected chi connectivity index (χ4v) is 3.14. The Labute approximate surface area is 124 Å². The third-order valence-electron chi connectivity index (χ3n) is 2.83. The molecule has 3 N–H and O–H groups in total. The van der Waals surface area contributed by atoms with E-state index in [0.717, 1.165) is 5.75 Å². The SMILES string of the molecule is CCS(=O)(=O)c1ccccc1NC(=O)[C@@H](N)CCSC.